The van der Waals surface area contributed by atoms with Gasteiger partial charge in [0.2, 0.25) is 5.82 Å². The van der Waals surface area contributed by atoms with Gasteiger partial charge in [0.15, 0.2) is 17.1 Å². The number of hydrogen-bond donors (Lipinski definition) is 1. The van der Waals surface area contributed by atoms with E-state index >= 15 is 0 Å². The van der Waals surface area contributed by atoms with Gasteiger partial charge in [0, 0.05) is 24.1 Å². The number of aromatic amines is 1. The van der Waals surface area contributed by atoms with E-state index in [0.717, 1.165) is 50.3 Å². The van der Waals surface area contributed by atoms with Gasteiger partial charge in [0.05, 0.1) is 24.8 Å². The molecule has 2 atom stereocenters. The molecule has 0 unspecified atom stereocenters. The van der Waals surface area contributed by atoms with Crippen molar-refractivity contribution < 1.29 is 23.1 Å². The van der Waals surface area contributed by atoms with Gasteiger partial charge in [-0.05, 0) is 68.6 Å². The van der Waals surface area contributed by atoms with Crippen LogP contribution in [0.25, 0.3) is 22.7 Å². The van der Waals surface area contributed by atoms with Crippen LogP contribution in [0.3, 0.4) is 0 Å². The Morgan fingerprint density at radius 2 is 1.96 bits per heavy atom. The molecule has 8 rings (SSSR count). The summed E-state index contributed by atoms with van der Waals surface area (Å²) in [6.45, 7) is 5.44. The maximum Gasteiger partial charge on any atom is 0.439 e. The van der Waals surface area contributed by atoms with E-state index in [0.29, 0.717) is 52.0 Å². The number of H-pyrrole nitrogens is 1. The number of nitrogens with one attached hydrogen (secondary N) is 1. The fourth-order valence-corrected chi connectivity index (χ4v) is 6.57. The summed E-state index contributed by atoms with van der Waals surface area (Å²) in [4.78, 5) is 21.3. The molecule has 45 heavy (non-hydrogen) atoms. The Kier molecular flexibility index (Phi) is 6.84. The summed E-state index contributed by atoms with van der Waals surface area (Å²) in [7, 11) is 0. The van der Waals surface area contributed by atoms with Crippen molar-refractivity contribution >= 4 is 22.8 Å². The van der Waals surface area contributed by atoms with Crippen LogP contribution in [0.1, 0.15) is 49.1 Å². The second-order valence-electron chi connectivity index (χ2n) is 11.8. The van der Waals surface area contributed by atoms with Gasteiger partial charge in [-0.15, -0.1) is 10.2 Å². The second kappa shape index (κ2) is 10.9. The Bertz CT molecular complexity index is 1970. The number of ether oxygens (including phenoxy) is 3. The highest BCUT2D eigenvalue weighted by molar-refractivity contribution is 6.30. The average molecular weight is 634 g/mol. The van der Waals surface area contributed by atoms with Crippen molar-refractivity contribution in [1.82, 2.24) is 34.8 Å². The first-order valence-electron chi connectivity index (χ1n) is 14.9. The Labute approximate surface area is 261 Å². The van der Waals surface area contributed by atoms with Gasteiger partial charge in [-0.1, -0.05) is 28.9 Å². The number of benzene rings is 2. The number of halogens is 2. The third-order valence-corrected chi connectivity index (χ3v) is 9.09. The molecule has 232 valence electrons. The lowest BCUT2D eigenvalue weighted by Crippen LogP contribution is -2.35. The highest BCUT2D eigenvalue weighted by atomic mass is 35.5. The molecule has 5 aromatic rings. The Balaban J connectivity index is 1.00. The molecule has 2 aromatic carbocycles. The van der Waals surface area contributed by atoms with Crippen LogP contribution in [-0.2, 0) is 23.6 Å². The third-order valence-electron chi connectivity index (χ3n) is 8.86. The predicted molar refractivity (Wildman–Crippen MR) is 160 cm³/mol. The molecule has 0 saturated carbocycles. The van der Waals surface area contributed by atoms with Crippen LogP contribution in [0, 0.1) is 5.82 Å². The van der Waals surface area contributed by atoms with E-state index in [1.807, 2.05) is 12.1 Å². The minimum Gasteiger partial charge on any atom is -0.444 e. The Hall–Kier alpha value is -4.33. The molecule has 1 N–H and O–H groups in total. The number of hydrogen-bond acceptors (Lipinski definition) is 10. The first-order chi connectivity index (χ1) is 21.8. The summed E-state index contributed by atoms with van der Waals surface area (Å²) in [5, 5.41) is 12.7. The summed E-state index contributed by atoms with van der Waals surface area (Å²) in [6, 6.07) is 12.2. The summed E-state index contributed by atoms with van der Waals surface area (Å²) in [5.41, 5.74) is 3.05. The van der Waals surface area contributed by atoms with E-state index in [-0.39, 0.29) is 17.8 Å². The minimum atomic E-state index is -1.29. The first-order valence-corrected chi connectivity index (χ1v) is 15.3. The Morgan fingerprint density at radius 3 is 2.69 bits per heavy atom. The summed E-state index contributed by atoms with van der Waals surface area (Å²) in [6.07, 6.45) is 2.89. The molecule has 12 nitrogen and oxygen atoms in total. The zero-order chi connectivity index (χ0) is 30.7. The van der Waals surface area contributed by atoms with E-state index in [1.165, 1.54) is 6.07 Å². The van der Waals surface area contributed by atoms with Crippen LogP contribution in [0.5, 0.6) is 11.5 Å². The van der Waals surface area contributed by atoms with E-state index in [1.54, 1.807) is 25.1 Å². The maximum absolute atomic E-state index is 14.8. The molecule has 3 aliphatic heterocycles. The minimum absolute atomic E-state index is 0.106. The van der Waals surface area contributed by atoms with Gasteiger partial charge in [-0.25, -0.2) is 14.2 Å². The zero-order valence-electron chi connectivity index (χ0n) is 24.3. The average Bonchev–Trinajstić information content (AvgIpc) is 3.69. The fourth-order valence-electron chi connectivity index (χ4n) is 6.41. The van der Waals surface area contributed by atoms with E-state index < -0.39 is 17.4 Å². The first kappa shape index (κ1) is 28.2. The van der Waals surface area contributed by atoms with Gasteiger partial charge in [0.1, 0.15) is 22.9 Å². The van der Waals surface area contributed by atoms with Crippen molar-refractivity contribution in [3.8, 4) is 23.0 Å². The molecule has 0 aliphatic carbocycles. The standard InChI is InChI=1S/C31H29ClFN7O5/c1-31(21-6-5-18(32)13-22(21)33)43-25-4-2-3-20(27(25)44-31)17-7-10-39(11-8-17)16-26-34-24-14-23(28-35-30(41)45-38-28)36-37-29(24)40(26)15-19-9-12-42-19/h2-6,13-14,17,19H,7-12,15-16H2,1H3,(H,35,38,41)/t19-,31-/m0/s1. The van der Waals surface area contributed by atoms with Gasteiger partial charge in [-0.3, -0.25) is 14.4 Å². The SMILES string of the molecule is C[C@]1(c2ccc(Cl)cc2F)Oc2cccc(C3CCN(Cc4nc5cc(-c6noc(=O)[nH]6)nnc5n4C[C@@H]4CCO4)CC3)c2O1. The van der Waals surface area contributed by atoms with Gasteiger partial charge in [0.25, 0.3) is 5.79 Å². The number of para-hydroxylation sites is 1. The van der Waals surface area contributed by atoms with Crippen molar-refractivity contribution in [2.24, 2.45) is 0 Å². The highest BCUT2D eigenvalue weighted by Crippen LogP contribution is 2.50. The number of rotatable bonds is 7. The van der Waals surface area contributed by atoms with Gasteiger partial charge >= 0.3 is 5.76 Å². The van der Waals surface area contributed by atoms with Crippen molar-refractivity contribution in [2.45, 2.75) is 57.1 Å². The largest absolute Gasteiger partial charge is 0.444 e. The smallest absolute Gasteiger partial charge is 0.439 e. The number of likely N-dealkylation sites (tertiary alicyclic amines) is 1. The normalized spacial score (nSPS) is 21.8. The molecular weight excluding hydrogens is 605 g/mol. The Morgan fingerprint density at radius 1 is 1.11 bits per heavy atom. The highest BCUT2D eigenvalue weighted by Gasteiger charge is 2.43. The summed E-state index contributed by atoms with van der Waals surface area (Å²) in [5.74, 6) is 0.171. The maximum atomic E-state index is 14.8. The van der Waals surface area contributed by atoms with Crippen molar-refractivity contribution in [3.05, 3.63) is 80.8 Å². The zero-order valence-corrected chi connectivity index (χ0v) is 25.1. The van der Waals surface area contributed by atoms with Crippen LogP contribution >= 0.6 is 11.6 Å². The van der Waals surface area contributed by atoms with Crippen molar-refractivity contribution in [2.75, 3.05) is 19.7 Å². The lowest BCUT2D eigenvalue weighted by atomic mass is 9.88. The second-order valence-corrected chi connectivity index (χ2v) is 12.2. The molecular formula is C31H29ClFN7O5. The van der Waals surface area contributed by atoms with E-state index in [4.69, 9.17) is 30.8 Å². The number of piperidine rings is 1. The third kappa shape index (κ3) is 5.14. The monoisotopic (exact) mass is 633 g/mol. The van der Waals surface area contributed by atoms with E-state index in [2.05, 4.69) is 40.4 Å². The molecule has 0 amide bonds. The molecule has 2 fully saturated rings. The number of nitrogens with zero attached hydrogens (tertiary/aromatic N) is 6. The van der Waals surface area contributed by atoms with E-state index in [9.17, 15) is 9.18 Å². The summed E-state index contributed by atoms with van der Waals surface area (Å²) < 4.78 is 39.8. The topological polar surface area (TPSA) is 133 Å². The van der Waals surface area contributed by atoms with Crippen LogP contribution in [0.15, 0.2) is 51.8 Å². The van der Waals surface area contributed by atoms with Crippen LogP contribution in [-0.4, -0.2) is 60.6 Å². The fraction of sp³-hybridized carbons (Fsp3) is 0.387. The van der Waals surface area contributed by atoms with Crippen molar-refractivity contribution in [1.29, 1.82) is 0 Å². The van der Waals surface area contributed by atoms with Crippen LogP contribution < -0.4 is 15.2 Å². The lowest BCUT2D eigenvalue weighted by Gasteiger charge is -2.33. The number of aromatic nitrogens is 6. The number of imidazole rings is 1. The van der Waals surface area contributed by atoms with Crippen LogP contribution in [0.4, 0.5) is 4.39 Å². The van der Waals surface area contributed by atoms with Gasteiger partial charge < -0.3 is 18.8 Å². The number of fused-ring (bicyclic) bond motifs is 2. The van der Waals surface area contributed by atoms with Gasteiger partial charge in [-0.2, -0.15) is 0 Å². The quantitative estimate of drug-likeness (QED) is 0.267. The molecule has 2 saturated heterocycles. The molecule has 0 bridgehead atoms. The molecule has 6 heterocycles. The van der Waals surface area contributed by atoms with Crippen LogP contribution in [0.2, 0.25) is 5.02 Å². The molecule has 3 aromatic heterocycles. The summed E-state index contributed by atoms with van der Waals surface area (Å²) >= 11 is 5.98. The van der Waals surface area contributed by atoms with Crippen molar-refractivity contribution in [3.63, 3.8) is 0 Å². The molecule has 14 heteroatoms. The molecule has 0 radical (unpaired) electrons. The predicted octanol–water partition coefficient (Wildman–Crippen LogP) is 4.77. The lowest BCUT2D eigenvalue weighted by molar-refractivity contribution is -0.0712. The molecule has 0 spiro atoms. The molecule has 3 aliphatic rings.